The first kappa shape index (κ1) is 76.4. The van der Waals surface area contributed by atoms with Crippen molar-refractivity contribution in [3.8, 4) is 0 Å². The van der Waals surface area contributed by atoms with Gasteiger partial charge >= 0.3 is 17.9 Å². The highest BCUT2D eigenvalue weighted by molar-refractivity contribution is 5.71. The quantitative estimate of drug-likeness (QED) is 0.0261. The molecular weight excluding hydrogens is 973 g/mol. The summed E-state index contributed by atoms with van der Waals surface area (Å²) in [6, 6.07) is 0. The van der Waals surface area contributed by atoms with Crippen molar-refractivity contribution in [2.75, 3.05) is 13.2 Å². The number of allylic oxidation sites excluding steroid dienone is 8. The van der Waals surface area contributed by atoms with Gasteiger partial charge in [0.25, 0.3) is 0 Å². The molecule has 6 nitrogen and oxygen atoms in total. The van der Waals surface area contributed by atoms with Crippen LogP contribution in [-0.4, -0.2) is 37.2 Å². The van der Waals surface area contributed by atoms with Crippen LogP contribution in [0.5, 0.6) is 0 Å². The van der Waals surface area contributed by atoms with Crippen LogP contribution in [0.15, 0.2) is 48.6 Å². The molecule has 0 spiro atoms. The Hall–Kier alpha value is -2.63. The second-order valence-corrected chi connectivity index (χ2v) is 23.8. The summed E-state index contributed by atoms with van der Waals surface area (Å²) in [5, 5.41) is 0. The van der Waals surface area contributed by atoms with E-state index in [1.165, 1.54) is 250 Å². The van der Waals surface area contributed by atoms with Crippen molar-refractivity contribution in [2.24, 2.45) is 0 Å². The molecule has 79 heavy (non-hydrogen) atoms. The maximum Gasteiger partial charge on any atom is 0.306 e. The Morgan fingerprint density at radius 3 is 0.772 bits per heavy atom. The number of unbranched alkanes of at least 4 members (excludes halogenated alkanes) is 46. The summed E-state index contributed by atoms with van der Waals surface area (Å²) in [5.41, 5.74) is 0. The molecule has 462 valence electrons. The van der Waals surface area contributed by atoms with Gasteiger partial charge in [-0.3, -0.25) is 14.4 Å². The van der Waals surface area contributed by atoms with Crippen molar-refractivity contribution in [3.63, 3.8) is 0 Å². The summed E-state index contributed by atoms with van der Waals surface area (Å²) in [4.78, 5) is 38.2. The predicted molar refractivity (Wildman–Crippen MR) is 344 cm³/mol. The molecule has 0 aromatic rings. The van der Waals surface area contributed by atoms with Crippen LogP contribution < -0.4 is 0 Å². The molecule has 0 radical (unpaired) electrons. The molecule has 0 saturated heterocycles. The monoisotopic (exact) mass is 1110 g/mol. The van der Waals surface area contributed by atoms with E-state index in [0.717, 1.165) is 89.9 Å². The van der Waals surface area contributed by atoms with Gasteiger partial charge in [0.1, 0.15) is 13.2 Å². The number of hydrogen-bond donors (Lipinski definition) is 0. The van der Waals surface area contributed by atoms with Gasteiger partial charge in [-0.2, -0.15) is 0 Å². The lowest BCUT2D eigenvalue weighted by molar-refractivity contribution is -0.167. The molecular formula is C73H134O6. The Morgan fingerprint density at radius 2 is 0.468 bits per heavy atom. The van der Waals surface area contributed by atoms with Gasteiger partial charge in [0.15, 0.2) is 6.10 Å². The van der Waals surface area contributed by atoms with Crippen LogP contribution in [0.1, 0.15) is 380 Å². The van der Waals surface area contributed by atoms with Gasteiger partial charge < -0.3 is 14.2 Å². The molecule has 6 heteroatoms. The van der Waals surface area contributed by atoms with Crippen LogP contribution >= 0.6 is 0 Å². The topological polar surface area (TPSA) is 78.9 Å². The number of ether oxygens (including phenoxy) is 3. The zero-order valence-electron chi connectivity index (χ0n) is 53.2. The number of hydrogen-bond acceptors (Lipinski definition) is 6. The molecule has 0 saturated carbocycles. The van der Waals surface area contributed by atoms with Crippen molar-refractivity contribution >= 4 is 17.9 Å². The Balaban J connectivity index is 4.02. The highest BCUT2D eigenvalue weighted by atomic mass is 16.6. The van der Waals surface area contributed by atoms with E-state index >= 15 is 0 Å². The van der Waals surface area contributed by atoms with Gasteiger partial charge in [0.2, 0.25) is 0 Å². The predicted octanol–water partition coefficient (Wildman–Crippen LogP) is 24.1. The maximum atomic E-state index is 12.9. The van der Waals surface area contributed by atoms with E-state index in [9.17, 15) is 14.4 Å². The fraction of sp³-hybridized carbons (Fsp3) is 0.849. The summed E-state index contributed by atoms with van der Waals surface area (Å²) in [7, 11) is 0. The van der Waals surface area contributed by atoms with E-state index in [0.29, 0.717) is 19.3 Å². The maximum absolute atomic E-state index is 12.9. The number of carbonyl (C=O) groups is 3. The minimum Gasteiger partial charge on any atom is -0.462 e. The van der Waals surface area contributed by atoms with Gasteiger partial charge in [-0.1, -0.05) is 313 Å². The third kappa shape index (κ3) is 66.1. The van der Waals surface area contributed by atoms with Crippen LogP contribution in [-0.2, 0) is 28.6 Å². The van der Waals surface area contributed by atoms with Gasteiger partial charge in [0, 0.05) is 19.3 Å². The molecule has 0 aromatic heterocycles. The first-order valence-electron chi connectivity index (χ1n) is 35.1. The van der Waals surface area contributed by atoms with Crippen LogP contribution in [0.3, 0.4) is 0 Å². The highest BCUT2D eigenvalue weighted by Crippen LogP contribution is 2.18. The summed E-state index contributed by atoms with van der Waals surface area (Å²) >= 11 is 0. The summed E-state index contributed by atoms with van der Waals surface area (Å²) in [5.74, 6) is -0.883. The molecule has 0 aliphatic carbocycles. The minimum atomic E-state index is -0.782. The van der Waals surface area contributed by atoms with Crippen LogP contribution in [0, 0.1) is 0 Å². The fourth-order valence-corrected chi connectivity index (χ4v) is 10.5. The normalized spacial score (nSPS) is 12.3. The highest BCUT2D eigenvalue weighted by Gasteiger charge is 2.19. The summed E-state index contributed by atoms with van der Waals surface area (Å²) < 4.78 is 16.9. The molecule has 0 rings (SSSR count). The average Bonchev–Trinajstić information content (AvgIpc) is 3.45. The Kier molecular flexibility index (Phi) is 65.6. The van der Waals surface area contributed by atoms with E-state index in [1.54, 1.807) is 0 Å². The molecule has 1 atom stereocenters. The van der Waals surface area contributed by atoms with Crippen LogP contribution in [0.4, 0.5) is 0 Å². The molecule has 0 aromatic carbocycles. The van der Waals surface area contributed by atoms with E-state index in [1.807, 2.05) is 0 Å². The fourth-order valence-electron chi connectivity index (χ4n) is 10.5. The number of rotatable bonds is 65. The molecule has 0 aliphatic heterocycles. The van der Waals surface area contributed by atoms with E-state index in [-0.39, 0.29) is 31.1 Å². The zero-order valence-corrected chi connectivity index (χ0v) is 53.2. The Labute approximate surface area is 492 Å². The van der Waals surface area contributed by atoms with Crippen LogP contribution in [0.2, 0.25) is 0 Å². The SMILES string of the molecule is CCCC/C=C\CCCCCCCC(=O)OCC(COC(=O)CCCCCCCCCCCCCCCCCCCCCCCCC/C=C\CCCCCCCCCC)OC(=O)CCCCCCC/C=C\C/C=C\CCCCC. The lowest BCUT2D eigenvalue weighted by atomic mass is 10.0. The Morgan fingerprint density at radius 1 is 0.253 bits per heavy atom. The smallest absolute Gasteiger partial charge is 0.306 e. The largest absolute Gasteiger partial charge is 0.462 e. The van der Waals surface area contributed by atoms with Crippen molar-refractivity contribution in [3.05, 3.63) is 48.6 Å². The molecule has 0 fully saturated rings. The molecule has 0 amide bonds. The standard InChI is InChI=1S/C73H134O6/c1-4-7-10-13-16-19-22-24-26-27-28-29-30-31-32-33-34-35-36-37-38-39-40-41-42-43-44-45-47-48-51-54-57-60-63-66-72(75)78-69-70(68-77-71(74)65-62-59-56-53-50-21-18-15-12-9-6-3)79-73(76)67-64-61-58-55-52-49-46-25-23-20-17-14-11-8-5-2/h15,17-18,20,25,27-28,46,70H,4-14,16,19,21-24,26,29-45,47-69H2,1-3H3/b18-15-,20-17-,28-27-,46-25-. The zero-order chi connectivity index (χ0) is 57.1. The van der Waals surface area contributed by atoms with Crippen LogP contribution in [0.25, 0.3) is 0 Å². The second kappa shape index (κ2) is 67.9. The molecule has 0 N–H and O–H groups in total. The van der Waals surface area contributed by atoms with E-state index in [4.69, 9.17) is 14.2 Å². The average molecular weight is 1110 g/mol. The first-order chi connectivity index (χ1) is 39.0. The second-order valence-electron chi connectivity index (χ2n) is 23.8. The lowest BCUT2D eigenvalue weighted by Gasteiger charge is -2.18. The first-order valence-corrected chi connectivity index (χ1v) is 35.1. The lowest BCUT2D eigenvalue weighted by Crippen LogP contribution is -2.30. The van der Waals surface area contributed by atoms with Gasteiger partial charge in [-0.15, -0.1) is 0 Å². The minimum absolute atomic E-state index is 0.0779. The van der Waals surface area contributed by atoms with Crippen molar-refractivity contribution in [2.45, 2.75) is 386 Å². The van der Waals surface area contributed by atoms with Crippen molar-refractivity contribution in [1.82, 2.24) is 0 Å². The van der Waals surface area contributed by atoms with Gasteiger partial charge in [-0.25, -0.2) is 0 Å². The van der Waals surface area contributed by atoms with Crippen molar-refractivity contribution < 1.29 is 28.6 Å². The Bertz CT molecular complexity index is 1360. The van der Waals surface area contributed by atoms with E-state index in [2.05, 4.69) is 69.4 Å². The van der Waals surface area contributed by atoms with Gasteiger partial charge in [0.05, 0.1) is 0 Å². The molecule has 1 unspecified atom stereocenters. The summed E-state index contributed by atoms with van der Waals surface area (Å²) in [6.07, 6.45) is 86.0. The third-order valence-electron chi connectivity index (χ3n) is 15.8. The van der Waals surface area contributed by atoms with E-state index < -0.39 is 6.10 Å². The van der Waals surface area contributed by atoms with Gasteiger partial charge in [-0.05, 0) is 96.3 Å². The number of esters is 3. The third-order valence-corrected chi connectivity index (χ3v) is 15.8. The number of carbonyl (C=O) groups excluding carboxylic acids is 3. The molecule has 0 heterocycles. The molecule has 0 bridgehead atoms. The van der Waals surface area contributed by atoms with Crippen molar-refractivity contribution in [1.29, 1.82) is 0 Å². The molecule has 0 aliphatic rings. The summed E-state index contributed by atoms with van der Waals surface area (Å²) in [6.45, 7) is 6.60.